The average Bonchev–Trinajstić information content (AvgIpc) is 3.08. The number of carbonyl (C=O) groups excluding carboxylic acids is 1. The van der Waals surface area contributed by atoms with Gasteiger partial charge in [0.2, 0.25) is 5.91 Å². The van der Waals surface area contributed by atoms with Crippen molar-refractivity contribution in [2.75, 3.05) is 26.2 Å². The molecule has 8 heteroatoms. The number of benzene rings is 1. The van der Waals surface area contributed by atoms with Crippen molar-refractivity contribution in [1.29, 1.82) is 0 Å². The fourth-order valence-electron chi connectivity index (χ4n) is 3.06. The monoisotopic (exact) mass is 362 g/mol. The number of nitrogens with one attached hydrogen (secondary N) is 1. The van der Waals surface area contributed by atoms with Gasteiger partial charge in [0.25, 0.3) is 0 Å². The summed E-state index contributed by atoms with van der Waals surface area (Å²) < 4.78 is 34.8. The first kappa shape index (κ1) is 18.9. The van der Waals surface area contributed by atoms with E-state index in [2.05, 4.69) is 10.1 Å². The molecule has 1 N–H and O–H groups in total. The highest BCUT2D eigenvalue weighted by Gasteiger charge is 2.31. The number of morpholine rings is 1. The van der Waals surface area contributed by atoms with Crippen molar-refractivity contribution in [3.63, 3.8) is 0 Å². The summed E-state index contributed by atoms with van der Waals surface area (Å²) in [6, 6.07) is 6.35. The third-order valence-corrected chi connectivity index (χ3v) is 4.19. The fraction of sp³-hybridized carbons (Fsp3) is 0.562. The molecule has 0 spiro atoms. The van der Waals surface area contributed by atoms with Gasteiger partial charge in [0.1, 0.15) is 11.9 Å². The van der Waals surface area contributed by atoms with Crippen molar-refractivity contribution < 1.29 is 23.0 Å². The summed E-state index contributed by atoms with van der Waals surface area (Å²) in [7, 11) is 0. The molecule has 2 unspecified atom stereocenters. The second kappa shape index (κ2) is 8.60. The maximum absolute atomic E-state index is 12.5. The van der Waals surface area contributed by atoms with E-state index in [0.29, 0.717) is 19.7 Å². The predicted octanol–water partition coefficient (Wildman–Crippen LogP) is 2.36. The zero-order chi connectivity index (χ0) is 16.2. The number of ether oxygens (including phenoxy) is 2. The lowest BCUT2D eigenvalue weighted by Gasteiger charge is -2.34. The molecule has 1 amide bonds. The van der Waals surface area contributed by atoms with Gasteiger partial charge < -0.3 is 19.7 Å². The summed E-state index contributed by atoms with van der Waals surface area (Å²) in [6.45, 7) is -0.570. The molecule has 2 aliphatic rings. The first-order valence-electron chi connectivity index (χ1n) is 7.82. The molecule has 1 aromatic rings. The van der Waals surface area contributed by atoms with Crippen LogP contribution in [0, 0.1) is 0 Å². The van der Waals surface area contributed by atoms with Gasteiger partial charge in [-0.2, -0.15) is 8.78 Å². The predicted molar refractivity (Wildman–Crippen MR) is 86.6 cm³/mol. The van der Waals surface area contributed by atoms with Crippen LogP contribution in [0.5, 0.6) is 5.75 Å². The van der Waals surface area contributed by atoms with Crippen LogP contribution in [0.3, 0.4) is 0 Å². The fourth-order valence-corrected chi connectivity index (χ4v) is 3.06. The lowest BCUT2D eigenvalue weighted by Crippen LogP contribution is -2.49. The number of amides is 1. The summed E-state index contributed by atoms with van der Waals surface area (Å²) in [5.41, 5.74) is 0.736. The van der Waals surface area contributed by atoms with Crippen LogP contribution in [-0.2, 0) is 9.53 Å². The Morgan fingerprint density at radius 1 is 1.42 bits per heavy atom. The Labute approximate surface area is 145 Å². The number of alkyl halides is 2. The van der Waals surface area contributed by atoms with E-state index < -0.39 is 6.61 Å². The molecule has 0 radical (unpaired) electrons. The molecule has 2 saturated heterocycles. The lowest BCUT2D eigenvalue weighted by molar-refractivity contribution is -0.140. The second-order valence-electron chi connectivity index (χ2n) is 5.74. The van der Waals surface area contributed by atoms with Crippen LogP contribution in [0.4, 0.5) is 8.78 Å². The summed E-state index contributed by atoms with van der Waals surface area (Å²) in [5.74, 6) is 0.192. The Bertz CT molecular complexity index is 556. The van der Waals surface area contributed by atoms with Gasteiger partial charge in [0.15, 0.2) is 0 Å². The number of nitrogens with zero attached hydrogens (tertiary/aromatic N) is 1. The van der Waals surface area contributed by atoms with Gasteiger partial charge in [-0.25, -0.2) is 0 Å². The van der Waals surface area contributed by atoms with E-state index in [1.807, 2.05) is 0 Å². The minimum absolute atomic E-state index is 0. The SMILES string of the molecule is Cl.O=C(C1CCCN1)N1CCOC(c2cccc(OC(F)F)c2)C1. The van der Waals surface area contributed by atoms with Crippen LogP contribution in [0.25, 0.3) is 0 Å². The summed E-state index contributed by atoms with van der Waals surface area (Å²) in [4.78, 5) is 14.3. The van der Waals surface area contributed by atoms with E-state index in [1.165, 1.54) is 6.07 Å². The molecule has 24 heavy (non-hydrogen) atoms. The number of hydrogen-bond acceptors (Lipinski definition) is 4. The maximum atomic E-state index is 12.5. The number of carbonyl (C=O) groups is 1. The van der Waals surface area contributed by atoms with Crippen molar-refractivity contribution in [3.05, 3.63) is 29.8 Å². The van der Waals surface area contributed by atoms with Gasteiger partial charge >= 0.3 is 6.61 Å². The summed E-state index contributed by atoms with van der Waals surface area (Å²) >= 11 is 0. The van der Waals surface area contributed by atoms with Crippen LogP contribution >= 0.6 is 12.4 Å². The van der Waals surface area contributed by atoms with E-state index in [0.717, 1.165) is 24.9 Å². The molecule has 2 aliphatic heterocycles. The van der Waals surface area contributed by atoms with Gasteiger partial charge in [-0.1, -0.05) is 12.1 Å². The maximum Gasteiger partial charge on any atom is 0.387 e. The molecular weight excluding hydrogens is 342 g/mol. The lowest BCUT2D eigenvalue weighted by atomic mass is 10.1. The first-order chi connectivity index (χ1) is 11.1. The molecule has 5 nitrogen and oxygen atoms in total. The van der Waals surface area contributed by atoms with Crippen LogP contribution < -0.4 is 10.1 Å². The minimum Gasteiger partial charge on any atom is -0.435 e. The van der Waals surface area contributed by atoms with Crippen LogP contribution in [0.15, 0.2) is 24.3 Å². The molecule has 3 rings (SSSR count). The molecule has 0 bridgehead atoms. The van der Waals surface area contributed by atoms with Gasteiger partial charge in [0, 0.05) is 6.54 Å². The van der Waals surface area contributed by atoms with E-state index in [-0.39, 0.29) is 36.2 Å². The number of halogens is 3. The van der Waals surface area contributed by atoms with Crippen LogP contribution in [-0.4, -0.2) is 49.7 Å². The Kier molecular flexibility index (Phi) is 6.77. The normalized spacial score (nSPS) is 23.9. The summed E-state index contributed by atoms with van der Waals surface area (Å²) in [6.07, 6.45) is 1.55. The highest BCUT2D eigenvalue weighted by Crippen LogP contribution is 2.27. The molecule has 2 atom stereocenters. The molecule has 1 aromatic carbocycles. The van der Waals surface area contributed by atoms with Crippen molar-refractivity contribution in [2.24, 2.45) is 0 Å². The summed E-state index contributed by atoms with van der Waals surface area (Å²) in [5, 5.41) is 3.20. The van der Waals surface area contributed by atoms with Gasteiger partial charge in [0.05, 0.1) is 19.2 Å². The Morgan fingerprint density at radius 2 is 2.25 bits per heavy atom. The Hall–Kier alpha value is -1.44. The Balaban J connectivity index is 0.00000208. The second-order valence-corrected chi connectivity index (χ2v) is 5.74. The number of hydrogen-bond donors (Lipinski definition) is 1. The molecule has 0 aliphatic carbocycles. The number of rotatable bonds is 4. The molecule has 0 saturated carbocycles. The molecule has 0 aromatic heterocycles. The van der Waals surface area contributed by atoms with E-state index in [4.69, 9.17) is 4.74 Å². The quantitative estimate of drug-likeness (QED) is 0.893. The molecule has 2 fully saturated rings. The van der Waals surface area contributed by atoms with E-state index >= 15 is 0 Å². The molecule has 134 valence electrons. The average molecular weight is 363 g/mol. The largest absolute Gasteiger partial charge is 0.435 e. The van der Waals surface area contributed by atoms with E-state index in [9.17, 15) is 13.6 Å². The molecule has 2 heterocycles. The van der Waals surface area contributed by atoms with Gasteiger partial charge in [-0.05, 0) is 37.1 Å². The van der Waals surface area contributed by atoms with E-state index in [1.54, 1.807) is 23.1 Å². The third kappa shape index (κ3) is 4.55. The first-order valence-corrected chi connectivity index (χ1v) is 7.82. The minimum atomic E-state index is -2.86. The van der Waals surface area contributed by atoms with Gasteiger partial charge in [-0.3, -0.25) is 4.79 Å². The highest BCUT2D eigenvalue weighted by molar-refractivity contribution is 5.85. The zero-order valence-corrected chi connectivity index (χ0v) is 13.9. The zero-order valence-electron chi connectivity index (χ0n) is 13.1. The molecular formula is C16H21ClF2N2O3. The standard InChI is InChI=1S/C16H20F2N2O3.ClH/c17-16(18)23-12-4-1-3-11(9-12)14-10-20(7-8-22-14)15(21)13-5-2-6-19-13;/h1,3-4,9,13-14,16,19H,2,5-8,10H2;1H. The van der Waals surface area contributed by atoms with Crippen molar-refractivity contribution >= 4 is 18.3 Å². The van der Waals surface area contributed by atoms with Crippen molar-refractivity contribution in [1.82, 2.24) is 10.2 Å². The van der Waals surface area contributed by atoms with Crippen LogP contribution in [0.2, 0.25) is 0 Å². The third-order valence-electron chi connectivity index (χ3n) is 4.19. The van der Waals surface area contributed by atoms with Crippen LogP contribution in [0.1, 0.15) is 24.5 Å². The van der Waals surface area contributed by atoms with Crippen molar-refractivity contribution in [3.8, 4) is 5.75 Å². The topological polar surface area (TPSA) is 50.8 Å². The smallest absolute Gasteiger partial charge is 0.387 e. The highest BCUT2D eigenvalue weighted by atomic mass is 35.5. The van der Waals surface area contributed by atoms with Crippen molar-refractivity contribution in [2.45, 2.75) is 31.6 Å². The van der Waals surface area contributed by atoms with Gasteiger partial charge in [-0.15, -0.1) is 12.4 Å². The Morgan fingerprint density at radius 3 is 2.96 bits per heavy atom.